The first-order valence-electron chi connectivity index (χ1n) is 8.60. The highest BCUT2D eigenvalue weighted by Gasteiger charge is 2.33. The van der Waals surface area contributed by atoms with Crippen LogP contribution in [0, 0.1) is 5.82 Å². The second-order valence-corrected chi connectivity index (χ2v) is 7.00. The number of carbonyl (C=O) groups excluding carboxylic acids is 1. The van der Waals surface area contributed by atoms with Gasteiger partial charge in [-0.25, -0.2) is 9.18 Å². The number of carbonyl (C=O) groups is 1. The van der Waals surface area contributed by atoms with E-state index in [4.69, 9.17) is 16.3 Å². The fourth-order valence-electron chi connectivity index (χ4n) is 2.63. The molecule has 0 spiro atoms. The third kappa shape index (κ3) is 4.82. The normalized spacial score (nSPS) is 16.9. The fourth-order valence-corrected chi connectivity index (χ4v) is 3.37. The Hall–Kier alpha value is -2.05. The van der Waals surface area contributed by atoms with Crippen molar-refractivity contribution in [1.82, 2.24) is 5.32 Å². The van der Waals surface area contributed by atoms with Crippen molar-refractivity contribution in [2.24, 2.45) is 4.99 Å². The van der Waals surface area contributed by atoms with E-state index in [2.05, 4.69) is 16.9 Å². The molecule has 1 aromatic carbocycles. The van der Waals surface area contributed by atoms with Crippen LogP contribution in [-0.4, -0.2) is 18.4 Å². The average Bonchev–Trinajstić information content (AvgIpc) is 2.67. The van der Waals surface area contributed by atoms with Crippen molar-refractivity contribution in [1.29, 1.82) is 0 Å². The summed E-state index contributed by atoms with van der Waals surface area (Å²) < 4.78 is 19.3. The van der Waals surface area contributed by atoms with E-state index < -0.39 is 17.8 Å². The lowest BCUT2D eigenvalue weighted by Gasteiger charge is -2.28. The monoisotopic (exact) mass is 408 g/mol. The summed E-state index contributed by atoms with van der Waals surface area (Å²) in [5, 5.41) is 5.00. The van der Waals surface area contributed by atoms with Crippen molar-refractivity contribution >= 4 is 35.2 Å². The molecule has 1 atom stereocenters. The van der Waals surface area contributed by atoms with Gasteiger partial charge in [0.1, 0.15) is 17.7 Å². The Balaban J connectivity index is 2.60. The van der Waals surface area contributed by atoms with Crippen molar-refractivity contribution < 1.29 is 13.9 Å². The minimum Gasteiger partial charge on any atom is -0.463 e. The van der Waals surface area contributed by atoms with Crippen LogP contribution in [0.1, 0.15) is 38.8 Å². The first-order valence-corrected chi connectivity index (χ1v) is 9.86. The Morgan fingerprint density at radius 2 is 2.22 bits per heavy atom. The fraction of sp³-hybridized carbons (Fsp3) is 0.300. The van der Waals surface area contributed by atoms with Gasteiger partial charge >= 0.3 is 5.97 Å². The summed E-state index contributed by atoms with van der Waals surface area (Å²) in [6, 6.07) is 3.70. The van der Waals surface area contributed by atoms with Gasteiger partial charge < -0.3 is 10.1 Å². The van der Waals surface area contributed by atoms with Crippen LogP contribution in [0.15, 0.2) is 57.4 Å². The van der Waals surface area contributed by atoms with Gasteiger partial charge in [-0.05, 0) is 31.7 Å². The number of benzene rings is 1. The van der Waals surface area contributed by atoms with E-state index in [1.807, 2.05) is 25.3 Å². The topological polar surface area (TPSA) is 50.7 Å². The summed E-state index contributed by atoms with van der Waals surface area (Å²) in [4.78, 5) is 17.9. The van der Waals surface area contributed by atoms with E-state index in [1.165, 1.54) is 17.8 Å². The number of ether oxygens (including phenoxy) is 1. The Bertz CT molecular complexity index is 833. The highest BCUT2D eigenvalue weighted by Crippen LogP contribution is 2.38. The van der Waals surface area contributed by atoms with Crippen molar-refractivity contribution in [3.63, 3.8) is 0 Å². The van der Waals surface area contributed by atoms with Gasteiger partial charge in [-0.3, -0.25) is 4.99 Å². The van der Waals surface area contributed by atoms with Gasteiger partial charge in [0, 0.05) is 16.2 Å². The largest absolute Gasteiger partial charge is 0.463 e. The van der Waals surface area contributed by atoms with Crippen molar-refractivity contribution in [3.8, 4) is 0 Å². The molecule has 0 bridgehead atoms. The molecule has 0 saturated heterocycles. The van der Waals surface area contributed by atoms with Crippen molar-refractivity contribution in [2.45, 2.75) is 33.2 Å². The Morgan fingerprint density at radius 1 is 1.48 bits per heavy atom. The van der Waals surface area contributed by atoms with Crippen LogP contribution in [0.25, 0.3) is 0 Å². The highest BCUT2D eigenvalue weighted by molar-refractivity contribution is 8.06. The van der Waals surface area contributed by atoms with Gasteiger partial charge in [0.15, 0.2) is 0 Å². The molecule has 1 aliphatic heterocycles. The summed E-state index contributed by atoms with van der Waals surface area (Å²) in [5.41, 5.74) is 1.40. The molecule has 1 N–H and O–H groups in total. The van der Waals surface area contributed by atoms with Crippen LogP contribution in [0.4, 0.5) is 4.39 Å². The van der Waals surface area contributed by atoms with Gasteiger partial charge in [-0.15, -0.1) is 0 Å². The molecule has 1 heterocycles. The molecule has 0 fully saturated rings. The molecule has 0 unspecified atom stereocenters. The molecule has 1 aliphatic rings. The lowest BCUT2D eigenvalue weighted by atomic mass is 9.94. The molecule has 0 radical (unpaired) electrons. The van der Waals surface area contributed by atoms with Crippen LogP contribution >= 0.6 is 23.4 Å². The molecule has 144 valence electrons. The minimum absolute atomic E-state index is 0.0588. The summed E-state index contributed by atoms with van der Waals surface area (Å²) in [6.45, 7) is 9.81. The molecule has 0 aromatic heterocycles. The lowest BCUT2D eigenvalue weighted by Crippen LogP contribution is -2.33. The SMILES string of the molecule is C=C(S/C=C\C)C1=N[C@@H](c2cccc(F)c2Cl)C(C(=O)OCC)=C(CC)N1. The number of halogens is 2. The number of allylic oxidation sites excluding steroid dienone is 2. The summed E-state index contributed by atoms with van der Waals surface area (Å²) in [5.74, 6) is -0.539. The molecule has 0 saturated carbocycles. The molecular weight excluding hydrogens is 387 g/mol. The Morgan fingerprint density at radius 3 is 2.85 bits per heavy atom. The number of hydrogen-bond donors (Lipinski definition) is 1. The van der Waals surface area contributed by atoms with Gasteiger partial charge in [0.2, 0.25) is 0 Å². The predicted molar refractivity (Wildman–Crippen MR) is 110 cm³/mol. The first kappa shape index (κ1) is 21.3. The number of nitrogens with one attached hydrogen (secondary N) is 1. The molecule has 4 nitrogen and oxygen atoms in total. The molecule has 1 aromatic rings. The van der Waals surface area contributed by atoms with E-state index in [-0.39, 0.29) is 11.6 Å². The second-order valence-electron chi connectivity index (χ2n) is 5.62. The van der Waals surface area contributed by atoms with Gasteiger partial charge in [0.05, 0.1) is 17.2 Å². The second kappa shape index (κ2) is 9.76. The third-order valence-electron chi connectivity index (χ3n) is 3.86. The zero-order chi connectivity index (χ0) is 20.0. The number of amidine groups is 1. The smallest absolute Gasteiger partial charge is 0.338 e. The zero-order valence-corrected chi connectivity index (χ0v) is 17.1. The summed E-state index contributed by atoms with van der Waals surface area (Å²) in [7, 11) is 0. The molecule has 7 heteroatoms. The first-order chi connectivity index (χ1) is 12.9. The molecule has 2 rings (SSSR count). The quantitative estimate of drug-likeness (QED) is 0.602. The van der Waals surface area contributed by atoms with E-state index in [9.17, 15) is 9.18 Å². The third-order valence-corrected chi connectivity index (χ3v) is 5.15. The molecular formula is C20H22ClFN2O2S. The standard InChI is InChI=1S/C20H22ClFN2O2S/c1-5-11-27-12(4)19-23-15(6-2)16(20(25)26-7-3)18(24-19)13-9-8-10-14(22)17(13)21/h5,8-11,18H,4,6-7H2,1-3H3,(H,23,24)/b11-5-/t18-/m0/s1. The van der Waals surface area contributed by atoms with E-state index >= 15 is 0 Å². The van der Waals surface area contributed by atoms with E-state index in [0.29, 0.717) is 34.0 Å². The highest BCUT2D eigenvalue weighted by atomic mass is 35.5. The maximum absolute atomic E-state index is 14.1. The number of esters is 1. The molecule has 27 heavy (non-hydrogen) atoms. The zero-order valence-electron chi connectivity index (χ0n) is 15.5. The average molecular weight is 409 g/mol. The Kier molecular flexibility index (Phi) is 7.68. The van der Waals surface area contributed by atoms with Crippen LogP contribution in [0.5, 0.6) is 0 Å². The van der Waals surface area contributed by atoms with Crippen molar-refractivity contribution in [2.75, 3.05) is 6.61 Å². The van der Waals surface area contributed by atoms with E-state index in [0.717, 1.165) is 0 Å². The maximum atomic E-state index is 14.1. The molecule has 0 amide bonds. The summed E-state index contributed by atoms with van der Waals surface area (Å²) in [6.07, 6.45) is 2.43. The Labute approximate surface area is 168 Å². The van der Waals surface area contributed by atoms with Crippen LogP contribution in [0.2, 0.25) is 5.02 Å². The van der Waals surface area contributed by atoms with Crippen LogP contribution in [-0.2, 0) is 9.53 Å². The van der Waals surface area contributed by atoms with Gasteiger partial charge in [-0.2, -0.15) is 0 Å². The number of rotatable bonds is 7. The summed E-state index contributed by atoms with van der Waals surface area (Å²) >= 11 is 7.60. The van der Waals surface area contributed by atoms with Gasteiger partial charge in [0.25, 0.3) is 0 Å². The van der Waals surface area contributed by atoms with Gasteiger partial charge in [-0.1, -0.05) is 55.1 Å². The number of nitrogens with zero attached hydrogens (tertiary/aromatic N) is 1. The molecule has 0 aliphatic carbocycles. The minimum atomic E-state index is -0.776. The van der Waals surface area contributed by atoms with Crippen molar-refractivity contribution in [3.05, 3.63) is 68.8 Å². The number of hydrogen-bond acceptors (Lipinski definition) is 5. The van der Waals surface area contributed by atoms with Crippen LogP contribution < -0.4 is 5.32 Å². The number of thioether (sulfide) groups is 1. The maximum Gasteiger partial charge on any atom is 0.338 e. The lowest BCUT2D eigenvalue weighted by molar-refractivity contribution is -0.139. The van der Waals surface area contributed by atoms with Crippen LogP contribution in [0.3, 0.4) is 0 Å². The predicted octanol–water partition coefficient (Wildman–Crippen LogP) is 5.53. The van der Waals surface area contributed by atoms with E-state index in [1.54, 1.807) is 19.1 Å². The number of aliphatic imine (C=N–C) groups is 1.